The molecule has 4 aromatic rings. The Labute approximate surface area is 214 Å². The first-order chi connectivity index (χ1) is 18.2. The van der Waals surface area contributed by atoms with E-state index in [2.05, 4.69) is 15.4 Å². The van der Waals surface area contributed by atoms with E-state index in [1.54, 1.807) is 34.8 Å². The van der Waals surface area contributed by atoms with Gasteiger partial charge in [0.05, 0.1) is 34.1 Å². The van der Waals surface area contributed by atoms with Gasteiger partial charge < -0.3 is 29.0 Å². The van der Waals surface area contributed by atoms with Gasteiger partial charge in [0.2, 0.25) is 11.7 Å². The Morgan fingerprint density at radius 3 is 2.24 bits per heavy atom. The van der Waals surface area contributed by atoms with E-state index in [-0.39, 0.29) is 6.04 Å². The fourth-order valence-corrected chi connectivity index (χ4v) is 5.05. The number of nitrogens with zero attached hydrogens (tertiary/aromatic N) is 3. The number of aromatic nitrogens is 3. The summed E-state index contributed by atoms with van der Waals surface area (Å²) in [6.45, 7) is 0. The number of ether oxygens (including phenoxy) is 5. The Kier molecular flexibility index (Phi) is 5.60. The molecule has 9 heteroatoms. The van der Waals surface area contributed by atoms with E-state index >= 15 is 0 Å². The summed E-state index contributed by atoms with van der Waals surface area (Å²) in [6.07, 6.45) is 1.06. The zero-order valence-electron chi connectivity index (χ0n) is 20.9. The normalized spacial score (nSPS) is 17.5. The number of hydrogen-bond acceptors (Lipinski definition) is 8. The maximum atomic E-state index is 6.71. The first-order valence-corrected chi connectivity index (χ1v) is 11.8. The van der Waals surface area contributed by atoms with Crippen molar-refractivity contribution in [2.45, 2.75) is 12.1 Å². The van der Waals surface area contributed by atoms with Gasteiger partial charge in [0.15, 0.2) is 11.5 Å². The molecule has 0 aliphatic carbocycles. The van der Waals surface area contributed by atoms with Crippen molar-refractivity contribution >= 4 is 11.6 Å². The summed E-state index contributed by atoms with van der Waals surface area (Å²) in [5.74, 6) is 3.80. The van der Waals surface area contributed by atoms with Gasteiger partial charge in [0.1, 0.15) is 30.0 Å². The average molecular weight is 499 g/mol. The molecule has 2 atom stereocenters. The van der Waals surface area contributed by atoms with E-state index in [0.29, 0.717) is 23.2 Å². The third-order valence-electron chi connectivity index (χ3n) is 6.74. The molecular formula is C28H26N4O5. The highest BCUT2D eigenvalue weighted by Gasteiger charge is 2.41. The molecule has 2 aliphatic heterocycles. The highest BCUT2D eigenvalue weighted by atomic mass is 16.5. The summed E-state index contributed by atoms with van der Waals surface area (Å²) in [5, 5.41) is 8.09. The molecule has 1 aromatic heterocycles. The van der Waals surface area contributed by atoms with Crippen molar-refractivity contribution in [1.29, 1.82) is 0 Å². The Balaban J connectivity index is 1.60. The lowest BCUT2D eigenvalue weighted by Gasteiger charge is -2.39. The number of benzene rings is 3. The van der Waals surface area contributed by atoms with Crippen molar-refractivity contribution in [3.63, 3.8) is 0 Å². The monoisotopic (exact) mass is 498 g/mol. The highest BCUT2D eigenvalue weighted by Crippen LogP contribution is 2.52. The summed E-state index contributed by atoms with van der Waals surface area (Å²) < 4.78 is 30.9. The Bertz CT molecular complexity index is 1470. The zero-order valence-corrected chi connectivity index (χ0v) is 20.9. The fraction of sp³-hybridized carbons (Fsp3) is 0.214. The number of hydrogen-bond donors (Lipinski definition) is 1. The lowest BCUT2D eigenvalue weighted by Crippen LogP contribution is -2.32. The van der Waals surface area contributed by atoms with Gasteiger partial charge in [-0.2, -0.15) is 10.1 Å². The fourth-order valence-electron chi connectivity index (χ4n) is 5.05. The predicted molar refractivity (Wildman–Crippen MR) is 138 cm³/mol. The van der Waals surface area contributed by atoms with Gasteiger partial charge in [-0.1, -0.05) is 24.3 Å². The molecule has 0 unspecified atom stereocenters. The van der Waals surface area contributed by atoms with E-state index in [1.807, 2.05) is 65.3 Å². The highest BCUT2D eigenvalue weighted by molar-refractivity contribution is 5.85. The van der Waals surface area contributed by atoms with Crippen LogP contribution >= 0.6 is 0 Å². The molecule has 6 rings (SSSR count). The van der Waals surface area contributed by atoms with Gasteiger partial charge >= 0.3 is 0 Å². The Hall–Kier alpha value is -4.66. The molecule has 0 saturated carbocycles. The lowest BCUT2D eigenvalue weighted by atomic mass is 9.84. The van der Waals surface area contributed by atoms with E-state index in [4.69, 9.17) is 23.7 Å². The van der Waals surface area contributed by atoms with Crippen LogP contribution in [0.3, 0.4) is 0 Å². The smallest absolute Gasteiger partial charge is 0.226 e. The number of anilines is 1. The standard InChI is InChI=1S/C28H26N4O5/c1-33-18-11-9-16(10-12-18)25-23-24(31-28-29-15-30-32(25)28)19-7-5-6-8-20(19)37-26(23)17-13-21(34-2)27(36-4)22(14-17)35-3/h5-15,25-26H,1-4H3,(H,29,30,31)/t25-,26-/m1/s1. The first-order valence-electron chi connectivity index (χ1n) is 11.8. The SMILES string of the molecule is COc1ccc([C@@H]2C3=C(Nc4ncnn42)c2ccccc2O[C@@H]3c2cc(OC)c(OC)c(OC)c2)cc1. The van der Waals surface area contributed by atoms with Crippen LogP contribution in [0.1, 0.15) is 28.8 Å². The summed E-state index contributed by atoms with van der Waals surface area (Å²) >= 11 is 0. The minimum Gasteiger partial charge on any atom is -0.497 e. The van der Waals surface area contributed by atoms with Crippen molar-refractivity contribution in [3.8, 4) is 28.7 Å². The number of rotatable bonds is 6. The number of para-hydroxylation sites is 1. The largest absolute Gasteiger partial charge is 0.497 e. The molecule has 1 N–H and O–H groups in total. The third-order valence-corrected chi connectivity index (χ3v) is 6.74. The van der Waals surface area contributed by atoms with Crippen molar-refractivity contribution < 1.29 is 23.7 Å². The second-order valence-electron chi connectivity index (χ2n) is 8.61. The van der Waals surface area contributed by atoms with Crippen LogP contribution in [-0.2, 0) is 0 Å². The second kappa shape index (κ2) is 9.09. The van der Waals surface area contributed by atoms with Crippen LogP contribution in [0.5, 0.6) is 28.7 Å². The van der Waals surface area contributed by atoms with Gasteiger partial charge in [-0.05, 0) is 42.0 Å². The van der Waals surface area contributed by atoms with Crippen LogP contribution < -0.4 is 29.0 Å². The number of nitrogens with one attached hydrogen (secondary N) is 1. The molecule has 188 valence electrons. The maximum Gasteiger partial charge on any atom is 0.226 e. The molecule has 9 nitrogen and oxygen atoms in total. The van der Waals surface area contributed by atoms with Crippen molar-refractivity contribution in [2.75, 3.05) is 33.8 Å². The minimum absolute atomic E-state index is 0.294. The second-order valence-corrected chi connectivity index (χ2v) is 8.61. The van der Waals surface area contributed by atoms with Gasteiger partial charge in [-0.15, -0.1) is 0 Å². The van der Waals surface area contributed by atoms with Gasteiger partial charge in [0, 0.05) is 16.7 Å². The Morgan fingerprint density at radius 1 is 0.838 bits per heavy atom. The van der Waals surface area contributed by atoms with E-state index < -0.39 is 6.10 Å². The van der Waals surface area contributed by atoms with E-state index in [1.165, 1.54) is 0 Å². The number of fused-ring (bicyclic) bond motifs is 3. The molecule has 3 aromatic carbocycles. The van der Waals surface area contributed by atoms with Gasteiger partial charge in [0.25, 0.3) is 0 Å². The predicted octanol–water partition coefficient (Wildman–Crippen LogP) is 4.87. The summed E-state index contributed by atoms with van der Waals surface area (Å²) in [4.78, 5) is 4.49. The Morgan fingerprint density at radius 2 is 1.57 bits per heavy atom. The van der Waals surface area contributed by atoms with Crippen LogP contribution in [0.2, 0.25) is 0 Å². The minimum atomic E-state index is -0.490. The quantitative estimate of drug-likeness (QED) is 0.403. The summed E-state index contributed by atoms with van der Waals surface area (Å²) in [6, 6.07) is 19.5. The molecule has 0 fully saturated rings. The topological polar surface area (TPSA) is 88.9 Å². The van der Waals surface area contributed by atoms with Crippen LogP contribution in [-0.4, -0.2) is 43.2 Å². The summed E-state index contributed by atoms with van der Waals surface area (Å²) in [7, 11) is 6.45. The van der Waals surface area contributed by atoms with Crippen LogP contribution in [0.4, 0.5) is 5.95 Å². The van der Waals surface area contributed by atoms with Crippen LogP contribution in [0.25, 0.3) is 5.70 Å². The molecule has 2 aliphatic rings. The molecule has 0 saturated heterocycles. The molecule has 0 amide bonds. The summed E-state index contributed by atoms with van der Waals surface area (Å²) in [5.41, 5.74) is 4.73. The molecule has 0 bridgehead atoms. The van der Waals surface area contributed by atoms with Gasteiger partial charge in [-0.25, -0.2) is 4.68 Å². The van der Waals surface area contributed by atoms with Crippen molar-refractivity contribution in [2.24, 2.45) is 0 Å². The lowest BCUT2D eigenvalue weighted by molar-refractivity contribution is 0.221. The first kappa shape index (κ1) is 22.8. The molecule has 3 heterocycles. The van der Waals surface area contributed by atoms with Gasteiger partial charge in [-0.3, -0.25) is 0 Å². The molecular weight excluding hydrogens is 472 g/mol. The number of methoxy groups -OCH3 is 4. The average Bonchev–Trinajstić information content (AvgIpc) is 3.43. The zero-order chi connectivity index (χ0) is 25.5. The van der Waals surface area contributed by atoms with E-state index in [9.17, 15) is 0 Å². The molecule has 0 spiro atoms. The molecule has 37 heavy (non-hydrogen) atoms. The molecule has 0 radical (unpaired) electrons. The maximum absolute atomic E-state index is 6.71. The van der Waals surface area contributed by atoms with E-state index in [0.717, 1.165) is 39.5 Å². The van der Waals surface area contributed by atoms with Crippen LogP contribution in [0.15, 0.2) is 72.6 Å². The van der Waals surface area contributed by atoms with Crippen molar-refractivity contribution in [1.82, 2.24) is 14.8 Å². The van der Waals surface area contributed by atoms with Crippen LogP contribution in [0, 0.1) is 0 Å². The third kappa shape index (κ3) is 3.62. The van der Waals surface area contributed by atoms with Crippen molar-refractivity contribution in [3.05, 3.63) is 89.3 Å².